The van der Waals surface area contributed by atoms with Crippen molar-refractivity contribution in [2.75, 3.05) is 124 Å². The molecule has 4 aliphatic rings. The molecule has 406 valence electrons. The van der Waals surface area contributed by atoms with Crippen LogP contribution < -0.4 is 23.8 Å². The number of fused-ring (bicyclic) bond motifs is 7. The van der Waals surface area contributed by atoms with Crippen LogP contribution in [0, 0.1) is 19.7 Å². The van der Waals surface area contributed by atoms with E-state index < -0.39 is 24.0 Å². The summed E-state index contributed by atoms with van der Waals surface area (Å²) >= 11 is 16.0. The van der Waals surface area contributed by atoms with Crippen molar-refractivity contribution in [1.82, 2.24) is 29.7 Å². The molecule has 4 bridgehead atoms. The number of carboxylic acid groups (broad SMARTS) is 1. The van der Waals surface area contributed by atoms with E-state index in [0.29, 0.717) is 160 Å². The summed E-state index contributed by atoms with van der Waals surface area (Å²) in [6, 6.07) is 13.2. The second kappa shape index (κ2) is 26.2. The monoisotopic (exact) mass is 1110 g/mol. The molecule has 2 fully saturated rings. The third-order valence-corrected chi connectivity index (χ3v) is 15.4. The van der Waals surface area contributed by atoms with Crippen molar-refractivity contribution in [1.29, 1.82) is 0 Å². The van der Waals surface area contributed by atoms with Crippen LogP contribution in [-0.2, 0) is 41.5 Å². The molecule has 3 atom stereocenters. The van der Waals surface area contributed by atoms with E-state index in [1.807, 2.05) is 18.7 Å². The van der Waals surface area contributed by atoms with E-state index in [-0.39, 0.29) is 31.6 Å². The molecule has 7 heterocycles. The number of piperazine rings is 1. The summed E-state index contributed by atoms with van der Waals surface area (Å²) in [6.45, 7) is 12.7. The highest BCUT2D eigenvalue weighted by Crippen LogP contribution is 2.53. The average Bonchev–Trinajstić information content (AvgIpc) is 3.84. The largest absolute Gasteiger partial charge is 0.490 e. The van der Waals surface area contributed by atoms with Crippen LogP contribution in [0.15, 0.2) is 61.1 Å². The quantitative estimate of drug-likeness (QED) is 0.0775. The van der Waals surface area contributed by atoms with Gasteiger partial charge in [0.1, 0.15) is 47.8 Å². The molecule has 3 aromatic carbocycles. The fraction of sp³-hybridized carbons (Fsp3) is 0.463. The number of anilines is 1. The first-order chi connectivity index (χ1) is 36.9. The van der Waals surface area contributed by atoms with Crippen LogP contribution in [0.5, 0.6) is 23.1 Å². The van der Waals surface area contributed by atoms with E-state index in [2.05, 4.69) is 31.8 Å². The number of carboxylic acids is 1. The zero-order valence-corrected chi connectivity index (χ0v) is 45.3. The van der Waals surface area contributed by atoms with Gasteiger partial charge in [-0.1, -0.05) is 35.3 Å². The summed E-state index contributed by atoms with van der Waals surface area (Å²) in [5, 5.41) is 12.0. The SMILES string of the molecule is COCCOCCOCCOC[C@@H]1CN(c2nccc(COc3ccc4cc3C[C@H](C(=O)O)Oc3ncnc5sc(-c6ccc(F)cc6)c(c35)-c3c(C)c(Cl)c(c(Cl)c3C)O[C@H](CN3CCN(C)CC3)CO4)n2)CCO1. The molecule has 0 saturated carbocycles. The van der Waals surface area contributed by atoms with Crippen LogP contribution in [0.1, 0.15) is 22.4 Å². The number of rotatable bonds is 19. The number of morpholine rings is 1. The van der Waals surface area contributed by atoms with Gasteiger partial charge in [-0.25, -0.2) is 29.1 Å². The van der Waals surface area contributed by atoms with Gasteiger partial charge in [0, 0.05) is 81.5 Å². The number of ether oxygens (including phenoxy) is 9. The lowest BCUT2D eigenvalue weighted by molar-refractivity contribution is -0.145. The molecular weight excluding hydrogens is 1040 g/mol. The maximum Gasteiger partial charge on any atom is 0.345 e. The minimum absolute atomic E-state index is 0.0184. The van der Waals surface area contributed by atoms with Crippen LogP contribution in [0.25, 0.3) is 31.8 Å². The summed E-state index contributed by atoms with van der Waals surface area (Å²) in [5.74, 6) is 0.0305. The lowest BCUT2D eigenvalue weighted by Crippen LogP contribution is -2.49. The highest BCUT2D eigenvalue weighted by Gasteiger charge is 2.32. The van der Waals surface area contributed by atoms with E-state index in [1.165, 1.54) is 29.8 Å². The topological polar surface area (TPSA) is 182 Å². The summed E-state index contributed by atoms with van der Waals surface area (Å²) in [4.78, 5) is 39.9. The molecule has 0 amide bonds. The Morgan fingerprint density at radius 1 is 0.868 bits per heavy atom. The van der Waals surface area contributed by atoms with Crippen LogP contribution >= 0.6 is 34.5 Å². The molecule has 1 N–H and O–H groups in total. The zero-order valence-electron chi connectivity index (χ0n) is 42.9. The third kappa shape index (κ3) is 13.6. The van der Waals surface area contributed by atoms with Crippen molar-refractivity contribution in [2.45, 2.75) is 45.2 Å². The Hall–Kier alpha value is -5.52. The summed E-state index contributed by atoms with van der Waals surface area (Å²) in [6.07, 6.45) is 0.618. The van der Waals surface area contributed by atoms with Crippen molar-refractivity contribution >= 4 is 56.7 Å². The molecule has 18 nitrogen and oxygen atoms in total. The Morgan fingerprint density at radius 2 is 1.61 bits per heavy atom. The van der Waals surface area contributed by atoms with Gasteiger partial charge in [0.2, 0.25) is 17.9 Å². The van der Waals surface area contributed by atoms with E-state index in [1.54, 1.807) is 49.7 Å². The number of carbonyl (C=O) groups is 1. The summed E-state index contributed by atoms with van der Waals surface area (Å²) in [5.41, 5.74) is 4.32. The molecule has 0 aliphatic carbocycles. The summed E-state index contributed by atoms with van der Waals surface area (Å²) in [7, 11) is 3.73. The van der Waals surface area contributed by atoms with Crippen LogP contribution in [0.2, 0.25) is 10.0 Å². The molecule has 0 radical (unpaired) electrons. The second-order valence-corrected chi connectivity index (χ2v) is 20.5. The average molecular weight is 1110 g/mol. The number of benzene rings is 3. The number of thiophene rings is 1. The molecule has 3 aromatic heterocycles. The van der Waals surface area contributed by atoms with Crippen molar-refractivity contribution < 1.29 is 56.9 Å². The lowest BCUT2D eigenvalue weighted by Gasteiger charge is -2.35. The summed E-state index contributed by atoms with van der Waals surface area (Å²) < 4.78 is 68.7. The highest BCUT2D eigenvalue weighted by atomic mass is 35.5. The Bertz CT molecular complexity index is 2910. The fourth-order valence-electron chi connectivity index (χ4n) is 9.28. The van der Waals surface area contributed by atoms with Gasteiger partial charge in [-0.3, -0.25) is 4.90 Å². The normalized spacial score (nSPS) is 18.5. The number of methoxy groups -OCH3 is 1. The van der Waals surface area contributed by atoms with Gasteiger partial charge in [0.05, 0.1) is 80.1 Å². The molecule has 0 unspecified atom stereocenters. The molecule has 0 spiro atoms. The fourth-order valence-corrected chi connectivity index (χ4v) is 10.9. The number of hydrogen-bond acceptors (Lipinski definition) is 18. The number of aromatic nitrogens is 4. The van der Waals surface area contributed by atoms with Crippen LogP contribution in [0.3, 0.4) is 0 Å². The molecule has 4 aliphatic heterocycles. The molecule has 76 heavy (non-hydrogen) atoms. The number of nitrogens with zero attached hydrogens (tertiary/aromatic N) is 7. The molecule has 6 aromatic rings. The van der Waals surface area contributed by atoms with E-state index in [9.17, 15) is 14.3 Å². The molecule has 2 saturated heterocycles. The Morgan fingerprint density at radius 3 is 2.34 bits per heavy atom. The van der Waals surface area contributed by atoms with E-state index in [4.69, 9.17) is 70.8 Å². The predicted molar refractivity (Wildman–Crippen MR) is 286 cm³/mol. The molecule has 10 rings (SSSR count). The van der Waals surface area contributed by atoms with Gasteiger partial charge in [-0.15, -0.1) is 11.3 Å². The van der Waals surface area contributed by atoms with Crippen molar-refractivity contribution in [3.05, 3.63) is 99.3 Å². The highest BCUT2D eigenvalue weighted by molar-refractivity contribution is 7.22. The van der Waals surface area contributed by atoms with Gasteiger partial charge in [-0.05, 0) is 79.5 Å². The van der Waals surface area contributed by atoms with Gasteiger partial charge < -0.3 is 57.5 Å². The second-order valence-electron chi connectivity index (χ2n) is 18.7. The first-order valence-corrected chi connectivity index (χ1v) is 26.8. The Kier molecular flexibility index (Phi) is 19.1. The maximum absolute atomic E-state index is 14.4. The minimum atomic E-state index is -1.49. The lowest BCUT2D eigenvalue weighted by atomic mass is 9.92. The smallest absolute Gasteiger partial charge is 0.345 e. The van der Waals surface area contributed by atoms with Gasteiger partial charge in [0.15, 0.2) is 5.75 Å². The van der Waals surface area contributed by atoms with Crippen LogP contribution in [0.4, 0.5) is 10.3 Å². The number of halogens is 3. The Balaban J connectivity index is 1.00. The van der Waals surface area contributed by atoms with Gasteiger partial charge in [0.25, 0.3) is 0 Å². The predicted octanol–water partition coefficient (Wildman–Crippen LogP) is 7.82. The first kappa shape index (κ1) is 55.2. The van der Waals surface area contributed by atoms with E-state index >= 15 is 0 Å². The number of aliphatic carboxylic acids is 1. The van der Waals surface area contributed by atoms with Crippen molar-refractivity contribution in [2.24, 2.45) is 0 Å². The maximum atomic E-state index is 14.4. The van der Waals surface area contributed by atoms with Crippen molar-refractivity contribution in [3.63, 3.8) is 0 Å². The minimum Gasteiger partial charge on any atom is -0.490 e. The molecule has 22 heteroatoms. The number of likely N-dealkylation sites (N-methyl/N-ethyl adjacent to an activating group) is 1. The standard InChI is InChI=1S/C54H62Cl2FN7O11S/c1-33-44-34(2)48(56)49(47(33)55)74-41(27-63-15-13-62(3)14-16-63)31-72-39-9-10-42(73-29-38-11-12-58-54(61-38)64-17-18-71-40(28-64)30-70-24-23-69-22-21-68-20-19-67-4)36(25-39)26-43(53(65)66)75-51-46-45(44)50(76-52(46)60-32-59-51)35-5-7-37(57)8-6-35/h5-12,25,32,40-41,43H,13-24,26-31H2,1-4H3,(H,65,66)/t40-,41+,43+/m0/s1. The van der Waals surface area contributed by atoms with Gasteiger partial charge >= 0.3 is 5.97 Å². The first-order valence-electron chi connectivity index (χ1n) is 25.2. The van der Waals surface area contributed by atoms with Crippen LogP contribution in [-0.4, -0.2) is 179 Å². The van der Waals surface area contributed by atoms with E-state index in [0.717, 1.165) is 26.2 Å². The number of hydrogen-bond donors (Lipinski definition) is 1. The van der Waals surface area contributed by atoms with Crippen molar-refractivity contribution in [3.8, 4) is 44.7 Å². The third-order valence-electron chi connectivity index (χ3n) is 13.3. The Labute approximate surface area is 454 Å². The molecular formula is C54H62Cl2FN7O11S. The van der Waals surface area contributed by atoms with Gasteiger partial charge in [-0.2, -0.15) is 0 Å². The zero-order chi connectivity index (χ0) is 53.1.